The molecule has 0 spiro atoms. The van der Waals surface area contributed by atoms with Gasteiger partial charge in [-0.1, -0.05) is 18.2 Å². The van der Waals surface area contributed by atoms with Crippen LogP contribution in [0.25, 0.3) is 5.57 Å². The summed E-state index contributed by atoms with van der Waals surface area (Å²) in [7, 11) is 2.04. The molecule has 0 fully saturated rings. The topological polar surface area (TPSA) is 27.0 Å². The van der Waals surface area contributed by atoms with Crippen molar-refractivity contribution in [3.63, 3.8) is 0 Å². The van der Waals surface area contributed by atoms with E-state index in [1.165, 1.54) is 0 Å². The molecule has 74 valence electrons. The number of para-hydroxylation sites is 1. The summed E-state index contributed by atoms with van der Waals surface area (Å²) in [6.45, 7) is 2.04. The maximum atomic E-state index is 8.73. The molecular weight excluding hydrogens is 184 g/mol. The van der Waals surface area contributed by atoms with Gasteiger partial charge >= 0.3 is 0 Å². The van der Waals surface area contributed by atoms with Gasteiger partial charge in [0.25, 0.3) is 0 Å². The third-order valence-corrected chi connectivity index (χ3v) is 2.69. The second kappa shape index (κ2) is 3.62. The Morgan fingerprint density at radius 2 is 2.07 bits per heavy atom. The Bertz CT molecular complexity index is 490. The molecule has 15 heavy (non-hydrogen) atoms. The number of allylic oxidation sites excluding steroid dienone is 4. The first-order chi connectivity index (χ1) is 7.24. The van der Waals surface area contributed by atoms with Gasteiger partial charge in [0.15, 0.2) is 0 Å². The van der Waals surface area contributed by atoms with Crippen molar-refractivity contribution in [1.82, 2.24) is 0 Å². The SMILES string of the molecule is CC1=C/C(=C\C#N)c2ccccc2N1C. The fourth-order valence-corrected chi connectivity index (χ4v) is 1.79. The average Bonchev–Trinajstić information content (AvgIpc) is 2.26. The molecule has 0 atom stereocenters. The number of anilines is 1. The molecule has 1 aliphatic rings. The molecule has 0 saturated heterocycles. The van der Waals surface area contributed by atoms with Crippen LogP contribution < -0.4 is 4.90 Å². The lowest BCUT2D eigenvalue weighted by molar-refractivity contribution is 1.07. The molecule has 1 aliphatic heterocycles. The number of rotatable bonds is 0. The minimum absolute atomic E-state index is 0.990. The number of nitrogens with zero attached hydrogens (tertiary/aromatic N) is 2. The minimum Gasteiger partial charge on any atom is -0.348 e. The third-order valence-electron chi connectivity index (χ3n) is 2.69. The summed E-state index contributed by atoms with van der Waals surface area (Å²) in [6, 6.07) is 10.2. The highest BCUT2D eigenvalue weighted by Gasteiger charge is 2.15. The molecular formula is C13H12N2. The molecule has 0 bridgehead atoms. The van der Waals surface area contributed by atoms with E-state index < -0.39 is 0 Å². The van der Waals surface area contributed by atoms with Crippen molar-refractivity contribution in [3.05, 3.63) is 47.7 Å². The summed E-state index contributed by atoms with van der Waals surface area (Å²) >= 11 is 0. The van der Waals surface area contributed by atoms with Gasteiger partial charge in [0.05, 0.1) is 6.07 Å². The predicted molar refractivity (Wildman–Crippen MR) is 62.2 cm³/mol. The van der Waals surface area contributed by atoms with Gasteiger partial charge < -0.3 is 4.90 Å². The van der Waals surface area contributed by atoms with Crippen LogP contribution in [0.4, 0.5) is 5.69 Å². The molecule has 2 rings (SSSR count). The lowest BCUT2D eigenvalue weighted by atomic mass is 9.98. The highest BCUT2D eigenvalue weighted by atomic mass is 15.1. The molecule has 2 nitrogen and oxygen atoms in total. The first-order valence-electron chi connectivity index (χ1n) is 4.85. The number of nitriles is 1. The van der Waals surface area contributed by atoms with E-state index in [4.69, 9.17) is 5.26 Å². The smallest absolute Gasteiger partial charge is 0.0918 e. The van der Waals surface area contributed by atoms with Crippen LogP contribution in [-0.2, 0) is 0 Å². The standard InChI is InChI=1S/C13H12N2/c1-10-9-11(7-8-14)12-5-3-4-6-13(12)15(10)2/h3-7,9H,1-2H3/b11-7+. The molecule has 1 aromatic rings. The van der Waals surface area contributed by atoms with Crippen LogP contribution in [0.5, 0.6) is 0 Å². The number of benzene rings is 1. The highest BCUT2D eigenvalue weighted by molar-refractivity contribution is 5.88. The predicted octanol–water partition coefficient (Wildman–Crippen LogP) is 2.95. The van der Waals surface area contributed by atoms with Crippen molar-refractivity contribution in [2.24, 2.45) is 0 Å². The maximum absolute atomic E-state index is 8.73. The van der Waals surface area contributed by atoms with Gasteiger partial charge in [-0.25, -0.2) is 0 Å². The van der Waals surface area contributed by atoms with Crippen molar-refractivity contribution >= 4 is 11.3 Å². The number of hydrogen-bond acceptors (Lipinski definition) is 2. The van der Waals surface area contributed by atoms with E-state index in [0.29, 0.717) is 0 Å². The fraction of sp³-hybridized carbons (Fsp3) is 0.154. The summed E-state index contributed by atoms with van der Waals surface area (Å²) in [4.78, 5) is 2.13. The summed E-state index contributed by atoms with van der Waals surface area (Å²) in [6.07, 6.45) is 3.63. The van der Waals surface area contributed by atoms with Crippen molar-refractivity contribution in [2.45, 2.75) is 6.92 Å². The summed E-state index contributed by atoms with van der Waals surface area (Å²) in [5, 5.41) is 8.73. The van der Waals surface area contributed by atoms with Gasteiger partial charge in [0, 0.05) is 30.1 Å². The van der Waals surface area contributed by atoms with Crippen LogP contribution in [0.1, 0.15) is 12.5 Å². The quantitative estimate of drug-likeness (QED) is 0.596. The Morgan fingerprint density at radius 1 is 1.33 bits per heavy atom. The molecule has 0 radical (unpaired) electrons. The summed E-state index contributed by atoms with van der Waals surface area (Å²) in [5.41, 5.74) is 4.41. The van der Waals surface area contributed by atoms with Crippen LogP contribution in [0.15, 0.2) is 42.1 Å². The Labute approximate surface area is 89.8 Å². The zero-order valence-electron chi connectivity index (χ0n) is 8.86. The highest BCUT2D eigenvalue weighted by Crippen LogP contribution is 2.34. The van der Waals surface area contributed by atoms with E-state index >= 15 is 0 Å². The molecule has 2 heteroatoms. The van der Waals surface area contributed by atoms with Crippen LogP contribution in [-0.4, -0.2) is 7.05 Å². The molecule has 0 unspecified atom stereocenters. The fourth-order valence-electron chi connectivity index (χ4n) is 1.79. The van der Waals surface area contributed by atoms with Gasteiger partial charge in [-0.05, 0) is 24.6 Å². The van der Waals surface area contributed by atoms with E-state index in [1.807, 2.05) is 38.2 Å². The van der Waals surface area contributed by atoms with Crippen molar-refractivity contribution < 1.29 is 0 Å². The van der Waals surface area contributed by atoms with Crippen LogP contribution in [0.2, 0.25) is 0 Å². The minimum atomic E-state index is 0.990. The van der Waals surface area contributed by atoms with Crippen molar-refractivity contribution in [3.8, 4) is 6.07 Å². The largest absolute Gasteiger partial charge is 0.348 e. The first kappa shape index (κ1) is 9.54. The molecule has 0 aromatic heterocycles. The van der Waals surface area contributed by atoms with Gasteiger partial charge in [-0.15, -0.1) is 0 Å². The Hall–Kier alpha value is -2.01. The maximum Gasteiger partial charge on any atom is 0.0918 e. The number of hydrogen-bond donors (Lipinski definition) is 0. The lowest BCUT2D eigenvalue weighted by Crippen LogP contribution is -2.18. The second-order valence-electron chi connectivity index (χ2n) is 3.59. The van der Waals surface area contributed by atoms with Crippen LogP contribution >= 0.6 is 0 Å². The number of fused-ring (bicyclic) bond motifs is 1. The second-order valence-corrected chi connectivity index (χ2v) is 3.59. The molecule has 0 amide bonds. The van der Waals surface area contributed by atoms with E-state index in [-0.39, 0.29) is 0 Å². The van der Waals surface area contributed by atoms with Crippen LogP contribution in [0.3, 0.4) is 0 Å². The Kier molecular flexibility index (Phi) is 2.31. The summed E-state index contributed by atoms with van der Waals surface area (Å²) < 4.78 is 0. The molecule has 0 saturated carbocycles. The Morgan fingerprint density at radius 3 is 2.80 bits per heavy atom. The van der Waals surface area contributed by atoms with Gasteiger partial charge in [0.1, 0.15) is 0 Å². The molecule has 0 aliphatic carbocycles. The Balaban J connectivity index is 2.64. The molecule has 0 N–H and O–H groups in total. The van der Waals surface area contributed by atoms with Crippen molar-refractivity contribution in [2.75, 3.05) is 11.9 Å². The van der Waals surface area contributed by atoms with Gasteiger partial charge in [0.2, 0.25) is 0 Å². The van der Waals surface area contributed by atoms with E-state index in [1.54, 1.807) is 6.08 Å². The van der Waals surface area contributed by atoms with Gasteiger partial charge in [-0.2, -0.15) is 5.26 Å². The van der Waals surface area contributed by atoms with Crippen LogP contribution in [0, 0.1) is 11.3 Å². The summed E-state index contributed by atoms with van der Waals surface area (Å²) in [5.74, 6) is 0. The molecule has 1 heterocycles. The van der Waals surface area contributed by atoms with Crippen molar-refractivity contribution in [1.29, 1.82) is 5.26 Å². The lowest BCUT2D eigenvalue weighted by Gasteiger charge is -2.28. The first-order valence-corrected chi connectivity index (χ1v) is 4.85. The third kappa shape index (κ3) is 1.53. The molecule has 1 aromatic carbocycles. The van der Waals surface area contributed by atoms with Gasteiger partial charge in [-0.3, -0.25) is 0 Å². The normalized spacial score (nSPS) is 17.0. The average molecular weight is 196 g/mol. The van der Waals surface area contributed by atoms with E-state index in [9.17, 15) is 0 Å². The van der Waals surface area contributed by atoms with E-state index in [0.717, 1.165) is 22.5 Å². The monoisotopic (exact) mass is 196 g/mol. The zero-order chi connectivity index (χ0) is 10.8. The van der Waals surface area contributed by atoms with E-state index in [2.05, 4.69) is 17.0 Å². The zero-order valence-corrected chi connectivity index (χ0v) is 8.86.